The van der Waals surface area contributed by atoms with Crippen LogP contribution in [0.5, 0.6) is 0 Å². The van der Waals surface area contributed by atoms with Crippen LogP contribution in [0.2, 0.25) is 0 Å². The van der Waals surface area contributed by atoms with Crippen molar-refractivity contribution >= 4 is 34.1 Å². The highest BCUT2D eigenvalue weighted by molar-refractivity contribution is 7.15. The normalized spacial score (nSPS) is 12.4. The molecule has 37 heavy (non-hydrogen) atoms. The van der Waals surface area contributed by atoms with Crippen LogP contribution in [0.1, 0.15) is 28.8 Å². The van der Waals surface area contributed by atoms with Crippen molar-refractivity contribution in [3.63, 3.8) is 0 Å². The molecule has 3 aromatic rings. The summed E-state index contributed by atoms with van der Waals surface area (Å²) in [5.74, 6) is -1.64. The van der Waals surface area contributed by atoms with Gasteiger partial charge in [-0.1, -0.05) is 17.4 Å². The number of rotatable bonds is 8. The zero-order valence-electron chi connectivity index (χ0n) is 20.0. The van der Waals surface area contributed by atoms with E-state index in [0.29, 0.717) is 40.8 Å². The van der Waals surface area contributed by atoms with Gasteiger partial charge >= 0.3 is 6.18 Å². The minimum atomic E-state index is -4.54. The lowest BCUT2D eigenvalue weighted by molar-refractivity contribution is -0.134. The average Bonchev–Trinajstić information content (AvgIpc) is 3.33. The summed E-state index contributed by atoms with van der Waals surface area (Å²) < 4.78 is 38.4. The predicted molar refractivity (Wildman–Crippen MR) is 133 cm³/mol. The number of nitrogens with one attached hydrogen (secondary N) is 2. The Morgan fingerprint density at radius 1 is 1.14 bits per heavy atom. The molecular formula is C24H22F3N7O2S. The average molecular weight is 530 g/mol. The molecule has 3 heterocycles. The van der Waals surface area contributed by atoms with Crippen LogP contribution in [-0.2, 0) is 15.8 Å². The van der Waals surface area contributed by atoms with Crippen LogP contribution in [0, 0.1) is 11.3 Å². The van der Waals surface area contributed by atoms with E-state index in [1.54, 1.807) is 19.1 Å². The first-order chi connectivity index (χ1) is 17.5. The Labute approximate surface area is 214 Å². The summed E-state index contributed by atoms with van der Waals surface area (Å²) in [6, 6.07) is 5.20. The number of pyridine rings is 2. The minimum Gasteiger partial charge on any atom is -0.306 e. The van der Waals surface area contributed by atoms with E-state index >= 15 is 0 Å². The van der Waals surface area contributed by atoms with Gasteiger partial charge in [-0.2, -0.15) is 18.4 Å². The van der Waals surface area contributed by atoms with Gasteiger partial charge in [-0.25, -0.2) is 9.97 Å². The number of halogens is 3. The number of aromatic nitrogens is 3. The van der Waals surface area contributed by atoms with E-state index in [2.05, 4.69) is 25.6 Å². The second-order valence-electron chi connectivity index (χ2n) is 8.13. The first-order valence-corrected chi connectivity index (χ1v) is 11.6. The number of nitrogens with zero attached hydrogens (tertiary/aromatic N) is 5. The van der Waals surface area contributed by atoms with Gasteiger partial charge in [0.15, 0.2) is 10.9 Å². The molecule has 192 valence electrons. The maximum atomic E-state index is 12.8. The van der Waals surface area contributed by atoms with E-state index in [1.807, 2.05) is 25.1 Å². The number of hydrogen-bond acceptors (Lipinski definition) is 8. The SMILES string of the molecule is CC(C(=O)Nc1ncc(C(F)(F)F)s1)c1cncc(-c2cnc(NC(=O)/C=C/CN(C)C)c(C#N)c2)c1. The van der Waals surface area contributed by atoms with Gasteiger partial charge in [-0.05, 0) is 38.7 Å². The maximum Gasteiger partial charge on any atom is 0.427 e. The number of amides is 2. The third-order valence-corrected chi connectivity index (χ3v) is 5.95. The summed E-state index contributed by atoms with van der Waals surface area (Å²) in [4.78, 5) is 37.7. The van der Waals surface area contributed by atoms with Crippen LogP contribution in [0.15, 0.2) is 49.1 Å². The number of alkyl halides is 3. The molecule has 1 unspecified atom stereocenters. The summed E-state index contributed by atoms with van der Waals surface area (Å²) >= 11 is 0.337. The standard InChI is InChI=1S/C24H22F3N7O2S/c1-14(22(36)33-23-31-13-19(37-23)24(25,26)27)16-8-17(11-29-10-16)18-7-15(9-28)21(30-12-18)32-20(35)5-4-6-34(2)3/h4-5,7-8,10-14H,6H2,1-3H3,(H,30,32,35)(H,31,33,36)/b5-4+. The van der Waals surface area contributed by atoms with Gasteiger partial charge in [0.05, 0.1) is 17.7 Å². The number of carbonyl (C=O) groups is 2. The highest BCUT2D eigenvalue weighted by Crippen LogP contribution is 2.35. The minimum absolute atomic E-state index is 0.101. The van der Waals surface area contributed by atoms with E-state index in [4.69, 9.17) is 0 Å². The first kappa shape index (κ1) is 27.4. The number of likely N-dealkylation sites (N-methyl/N-ethyl adjacent to an activating group) is 1. The molecule has 0 spiro atoms. The van der Waals surface area contributed by atoms with Crippen LogP contribution in [0.4, 0.5) is 24.1 Å². The Morgan fingerprint density at radius 2 is 1.86 bits per heavy atom. The zero-order chi connectivity index (χ0) is 27.2. The smallest absolute Gasteiger partial charge is 0.306 e. The molecule has 0 aliphatic carbocycles. The van der Waals surface area contributed by atoms with Crippen molar-refractivity contribution in [3.05, 3.63) is 65.1 Å². The third kappa shape index (κ3) is 7.42. The van der Waals surface area contributed by atoms with Gasteiger partial charge in [0.1, 0.15) is 10.9 Å². The first-order valence-electron chi connectivity index (χ1n) is 10.8. The fourth-order valence-electron chi connectivity index (χ4n) is 3.02. The number of thiazole rings is 1. The van der Waals surface area contributed by atoms with Crippen molar-refractivity contribution in [1.29, 1.82) is 5.26 Å². The van der Waals surface area contributed by atoms with Crippen molar-refractivity contribution in [2.75, 3.05) is 31.3 Å². The topological polar surface area (TPSA) is 124 Å². The fraction of sp³-hybridized carbons (Fsp3) is 0.250. The Balaban J connectivity index is 1.75. The molecule has 0 radical (unpaired) electrons. The van der Waals surface area contributed by atoms with E-state index in [-0.39, 0.29) is 16.5 Å². The van der Waals surface area contributed by atoms with Crippen LogP contribution >= 0.6 is 11.3 Å². The second-order valence-corrected chi connectivity index (χ2v) is 9.16. The monoisotopic (exact) mass is 529 g/mol. The van der Waals surface area contributed by atoms with E-state index in [1.165, 1.54) is 30.7 Å². The molecule has 2 N–H and O–H groups in total. The quantitative estimate of drug-likeness (QED) is 0.417. The van der Waals surface area contributed by atoms with Crippen molar-refractivity contribution in [2.24, 2.45) is 0 Å². The molecular weight excluding hydrogens is 507 g/mol. The molecule has 2 amide bonds. The lowest BCUT2D eigenvalue weighted by Crippen LogP contribution is -2.19. The van der Waals surface area contributed by atoms with Crippen molar-refractivity contribution in [1.82, 2.24) is 19.9 Å². The lowest BCUT2D eigenvalue weighted by atomic mass is 9.98. The largest absolute Gasteiger partial charge is 0.427 e. The Kier molecular flexibility index (Phi) is 8.69. The summed E-state index contributed by atoms with van der Waals surface area (Å²) in [7, 11) is 3.72. The molecule has 0 fully saturated rings. The lowest BCUT2D eigenvalue weighted by Gasteiger charge is -2.13. The molecule has 0 saturated carbocycles. The van der Waals surface area contributed by atoms with Gasteiger partial charge < -0.3 is 15.5 Å². The van der Waals surface area contributed by atoms with Gasteiger partial charge in [0, 0.05) is 42.3 Å². The Morgan fingerprint density at radius 3 is 2.51 bits per heavy atom. The second kappa shape index (κ2) is 11.7. The Bertz CT molecular complexity index is 1360. The number of hydrogen-bond donors (Lipinski definition) is 2. The molecule has 0 bridgehead atoms. The molecule has 1 atom stereocenters. The van der Waals surface area contributed by atoms with Gasteiger partial charge in [0.25, 0.3) is 0 Å². The van der Waals surface area contributed by atoms with Crippen LogP contribution < -0.4 is 10.6 Å². The molecule has 3 aromatic heterocycles. The summed E-state index contributed by atoms with van der Waals surface area (Å²) in [5.41, 5.74) is 1.70. The molecule has 3 rings (SSSR count). The van der Waals surface area contributed by atoms with Crippen LogP contribution in [-0.4, -0.2) is 52.3 Å². The maximum absolute atomic E-state index is 12.8. The summed E-state index contributed by atoms with van der Waals surface area (Å²) in [6.07, 6.45) is 3.59. The molecule has 9 nitrogen and oxygen atoms in total. The highest BCUT2D eigenvalue weighted by atomic mass is 32.1. The van der Waals surface area contributed by atoms with E-state index in [0.717, 1.165) is 0 Å². The van der Waals surface area contributed by atoms with E-state index in [9.17, 15) is 28.0 Å². The van der Waals surface area contributed by atoms with Crippen molar-refractivity contribution in [3.8, 4) is 17.2 Å². The number of anilines is 2. The summed E-state index contributed by atoms with van der Waals surface area (Å²) in [6.45, 7) is 2.15. The van der Waals surface area contributed by atoms with Gasteiger partial charge in [-0.15, -0.1) is 0 Å². The van der Waals surface area contributed by atoms with Crippen LogP contribution in [0.25, 0.3) is 11.1 Å². The van der Waals surface area contributed by atoms with E-state index < -0.39 is 28.8 Å². The van der Waals surface area contributed by atoms with Crippen LogP contribution in [0.3, 0.4) is 0 Å². The summed E-state index contributed by atoms with van der Waals surface area (Å²) in [5, 5.41) is 14.4. The third-order valence-electron chi connectivity index (χ3n) is 4.99. The van der Waals surface area contributed by atoms with Gasteiger partial charge in [-0.3, -0.25) is 14.6 Å². The molecule has 0 aliphatic rings. The molecule has 0 saturated heterocycles. The number of nitriles is 1. The van der Waals surface area contributed by atoms with Gasteiger partial charge in [0.2, 0.25) is 11.8 Å². The number of carbonyl (C=O) groups excluding carboxylic acids is 2. The zero-order valence-corrected chi connectivity index (χ0v) is 20.8. The fourth-order valence-corrected chi connectivity index (χ4v) is 3.70. The Hall–Kier alpha value is -4.15. The van der Waals surface area contributed by atoms with Crippen molar-refractivity contribution < 1.29 is 22.8 Å². The molecule has 0 aromatic carbocycles. The molecule has 0 aliphatic heterocycles. The van der Waals surface area contributed by atoms with Crippen molar-refractivity contribution in [2.45, 2.75) is 19.0 Å². The predicted octanol–water partition coefficient (Wildman–Crippen LogP) is 4.29. The highest BCUT2D eigenvalue weighted by Gasteiger charge is 2.33. The molecule has 13 heteroatoms.